The van der Waals surface area contributed by atoms with E-state index in [1.807, 2.05) is 24.3 Å². The molecule has 4 N–H and O–H groups in total. The predicted octanol–water partition coefficient (Wildman–Crippen LogP) is 4.19. The Kier molecular flexibility index (Phi) is 11.5. The highest BCUT2D eigenvalue weighted by molar-refractivity contribution is 7.80. The number of hydrogen-bond donors (Lipinski definition) is 4. The second-order valence-electron chi connectivity index (χ2n) is 5.82. The van der Waals surface area contributed by atoms with Crippen LogP contribution in [0.25, 0.3) is 0 Å². The Morgan fingerprint density at radius 1 is 0.958 bits per heavy atom. The molecule has 0 aromatic heterocycles. The number of carbonyl (C=O) groups is 1. The van der Waals surface area contributed by atoms with Crippen LogP contribution in [-0.2, 0) is 4.79 Å². The lowest BCUT2D eigenvalue weighted by atomic mass is 10.1. The van der Waals surface area contributed by atoms with E-state index in [2.05, 4.69) is 28.4 Å². The fourth-order valence-corrected chi connectivity index (χ4v) is 2.61. The summed E-state index contributed by atoms with van der Waals surface area (Å²) in [5.74, 6) is 0. The average molecular weight is 351 g/mol. The summed E-state index contributed by atoms with van der Waals surface area (Å²) in [5, 5.41) is 7.03. The van der Waals surface area contributed by atoms with E-state index < -0.39 is 0 Å². The monoisotopic (exact) mass is 350 g/mol. The van der Waals surface area contributed by atoms with Gasteiger partial charge in [0.25, 0.3) is 0 Å². The number of benzene rings is 1. The van der Waals surface area contributed by atoms with E-state index in [9.17, 15) is 4.79 Å². The van der Waals surface area contributed by atoms with Crippen molar-refractivity contribution in [1.82, 2.24) is 10.7 Å². The first kappa shape index (κ1) is 20.2. The maximum atomic E-state index is 10.2. The van der Waals surface area contributed by atoms with E-state index in [1.54, 1.807) is 0 Å². The molecule has 1 rings (SSSR count). The molecule has 0 saturated carbocycles. The van der Waals surface area contributed by atoms with Gasteiger partial charge in [-0.3, -0.25) is 15.6 Å². The van der Waals surface area contributed by atoms with Gasteiger partial charge >= 0.3 is 0 Å². The molecule has 0 spiro atoms. The van der Waals surface area contributed by atoms with Crippen LogP contribution in [-0.4, -0.2) is 18.1 Å². The number of thiocarbonyl (C=S) groups is 1. The van der Waals surface area contributed by atoms with Crippen molar-refractivity contribution in [2.75, 3.05) is 17.3 Å². The van der Waals surface area contributed by atoms with Gasteiger partial charge in [0, 0.05) is 12.2 Å². The molecule has 0 bridgehead atoms. The van der Waals surface area contributed by atoms with Crippen LogP contribution in [0.15, 0.2) is 24.3 Å². The minimum absolute atomic E-state index is 0.594. The standard InChI is InChI=1S/C18H30N4OS/c1-2-3-4-5-6-7-8-9-14-19-18(24)21-16-10-12-17(13-11-16)22-20-15-23/h10-13,15,22H,2-9,14H2,1H3,(H,20,23)(H2,19,21,24). The van der Waals surface area contributed by atoms with Crippen molar-refractivity contribution < 1.29 is 4.79 Å². The Morgan fingerprint density at radius 3 is 2.17 bits per heavy atom. The summed E-state index contributed by atoms with van der Waals surface area (Å²) in [6.45, 7) is 3.16. The minimum Gasteiger partial charge on any atom is -0.362 e. The number of unbranched alkanes of at least 4 members (excludes halogenated alkanes) is 7. The Hall–Kier alpha value is -1.82. The number of hydrogen-bond acceptors (Lipinski definition) is 3. The molecule has 0 aliphatic carbocycles. The summed E-state index contributed by atoms with van der Waals surface area (Å²) in [4.78, 5) is 10.2. The summed E-state index contributed by atoms with van der Waals surface area (Å²) in [5.41, 5.74) is 6.87. The van der Waals surface area contributed by atoms with Gasteiger partial charge < -0.3 is 10.6 Å². The Balaban J connectivity index is 2.06. The first-order valence-corrected chi connectivity index (χ1v) is 9.27. The number of nitrogens with one attached hydrogen (secondary N) is 4. The number of carbonyl (C=O) groups excluding carboxylic acids is 1. The van der Waals surface area contributed by atoms with Gasteiger partial charge in [0.15, 0.2) is 5.11 Å². The Bertz CT molecular complexity index is 465. The molecule has 0 unspecified atom stereocenters. The summed E-state index contributed by atoms with van der Waals surface area (Å²) in [7, 11) is 0. The van der Waals surface area contributed by atoms with Crippen LogP contribution in [0, 0.1) is 0 Å². The van der Waals surface area contributed by atoms with Gasteiger partial charge in [0.05, 0.1) is 5.69 Å². The third-order valence-corrected chi connectivity index (χ3v) is 3.98. The zero-order valence-corrected chi connectivity index (χ0v) is 15.4. The van der Waals surface area contributed by atoms with Crippen molar-refractivity contribution >= 4 is 35.1 Å². The number of rotatable bonds is 13. The highest BCUT2D eigenvalue weighted by atomic mass is 32.1. The van der Waals surface area contributed by atoms with E-state index in [-0.39, 0.29) is 0 Å². The van der Waals surface area contributed by atoms with Crippen LogP contribution in [0.3, 0.4) is 0 Å². The lowest BCUT2D eigenvalue weighted by Gasteiger charge is -2.11. The number of amides is 1. The third-order valence-electron chi connectivity index (χ3n) is 3.73. The molecule has 1 aromatic rings. The van der Waals surface area contributed by atoms with Crippen molar-refractivity contribution in [3.8, 4) is 0 Å². The van der Waals surface area contributed by atoms with E-state index in [0.717, 1.165) is 24.3 Å². The first-order valence-electron chi connectivity index (χ1n) is 8.86. The largest absolute Gasteiger partial charge is 0.362 e. The molecular formula is C18H30N4OS. The molecule has 0 aliphatic heterocycles. The smallest absolute Gasteiger partial charge is 0.225 e. The van der Waals surface area contributed by atoms with Crippen LogP contribution in [0.1, 0.15) is 58.3 Å². The SMILES string of the molecule is CCCCCCCCCCNC(=S)Nc1ccc(NNC=O)cc1. The molecule has 0 heterocycles. The van der Waals surface area contributed by atoms with Gasteiger partial charge in [0.1, 0.15) is 0 Å². The average Bonchev–Trinajstić information content (AvgIpc) is 2.60. The summed E-state index contributed by atoms with van der Waals surface area (Å²) >= 11 is 5.29. The van der Waals surface area contributed by atoms with E-state index in [0.29, 0.717) is 11.5 Å². The molecule has 24 heavy (non-hydrogen) atoms. The van der Waals surface area contributed by atoms with Crippen LogP contribution in [0.4, 0.5) is 11.4 Å². The molecule has 0 fully saturated rings. The summed E-state index contributed by atoms with van der Waals surface area (Å²) in [6.07, 6.45) is 11.1. The van der Waals surface area contributed by atoms with E-state index in [1.165, 1.54) is 44.9 Å². The van der Waals surface area contributed by atoms with Gasteiger partial charge in [-0.25, -0.2) is 0 Å². The van der Waals surface area contributed by atoms with E-state index >= 15 is 0 Å². The van der Waals surface area contributed by atoms with Crippen LogP contribution >= 0.6 is 12.2 Å². The van der Waals surface area contributed by atoms with Crippen LogP contribution in [0.2, 0.25) is 0 Å². The summed E-state index contributed by atoms with van der Waals surface area (Å²) < 4.78 is 0. The third kappa shape index (κ3) is 10.0. The molecule has 0 radical (unpaired) electrons. The highest BCUT2D eigenvalue weighted by Crippen LogP contribution is 2.12. The fraction of sp³-hybridized carbons (Fsp3) is 0.556. The van der Waals surface area contributed by atoms with Gasteiger partial charge in [-0.2, -0.15) is 0 Å². The second kappa shape index (κ2) is 13.6. The van der Waals surface area contributed by atoms with Crippen molar-refractivity contribution in [2.45, 2.75) is 58.3 Å². The molecule has 6 heteroatoms. The molecule has 5 nitrogen and oxygen atoms in total. The topological polar surface area (TPSA) is 65.2 Å². The fourth-order valence-electron chi connectivity index (χ4n) is 2.39. The van der Waals surface area contributed by atoms with Crippen molar-refractivity contribution in [1.29, 1.82) is 0 Å². The zero-order valence-electron chi connectivity index (χ0n) is 14.6. The minimum atomic E-state index is 0.594. The van der Waals surface area contributed by atoms with Crippen molar-refractivity contribution in [3.05, 3.63) is 24.3 Å². The highest BCUT2D eigenvalue weighted by Gasteiger charge is 1.98. The number of anilines is 2. The molecular weight excluding hydrogens is 320 g/mol. The van der Waals surface area contributed by atoms with Crippen LogP contribution in [0.5, 0.6) is 0 Å². The Morgan fingerprint density at radius 2 is 1.54 bits per heavy atom. The van der Waals surface area contributed by atoms with Gasteiger partial charge in [-0.15, -0.1) is 0 Å². The molecule has 1 aromatic carbocycles. The van der Waals surface area contributed by atoms with Gasteiger partial charge in [0.2, 0.25) is 6.41 Å². The lowest BCUT2D eigenvalue weighted by Crippen LogP contribution is -2.29. The quantitative estimate of drug-likeness (QED) is 0.186. The second-order valence-corrected chi connectivity index (χ2v) is 6.23. The number of hydrazine groups is 1. The Labute approximate surface area is 151 Å². The predicted molar refractivity (Wildman–Crippen MR) is 106 cm³/mol. The molecule has 0 aliphatic rings. The zero-order chi connectivity index (χ0) is 17.5. The van der Waals surface area contributed by atoms with Gasteiger partial charge in [-0.05, 0) is 42.9 Å². The molecule has 0 atom stereocenters. The van der Waals surface area contributed by atoms with Crippen molar-refractivity contribution in [2.24, 2.45) is 0 Å². The van der Waals surface area contributed by atoms with Crippen molar-refractivity contribution in [3.63, 3.8) is 0 Å². The maximum absolute atomic E-state index is 10.2. The van der Waals surface area contributed by atoms with Gasteiger partial charge in [-0.1, -0.05) is 51.9 Å². The normalized spacial score (nSPS) is 10.0. The summed E-state index contributed by atoms with van der Waals surface area (Å²) in [6, 6.07) is 7.53. The first-order chi connectivity index (χ1) is 11.8. The molecule has 1 amide bonds. The lowest BCUT2D eigenvalue weighted by molar-refractivity contribution is -0.109. The molecule has 0 saturated heterocycles. The van der Waals surface area contributed by atoms with E-state index in [4.69, 9.17) is 12.2 Å². The van der Waals surface area contributed by atoms with Crippen LogP contribution < -0.4 is 21.5 Å². The molecule has 134 valence electrons. The maximum Gasteiger partial charge on any atom is 0.225 e.